The van der Waals surface area contributed by atoms with E-state index in [1.165, 1.54) is 24.3 Å². The normalized spacial score (nSPS) is 15.6. The Morgan fingerprint density at radius 1 is 1.33 bits per heavy atom. The molecule has 1 amide bonds. The molecule has 1 heterocycles. The number of ether oxygens (including phenoxy) is 1. The third kappa shape index (κ3) is 4.80. The molecule has 1 aliphatic rings. The van der Waals surface area contributed by atoms with Crippen molar-refractivity contribution in [1.82, 2.24) is 10.6 Å². The number of hydrogen-bond acceptors (Lipinski definition) is 5. The van der Waals surface area contributed by atoms with Gasteiger partial charge in [0, 0.05) is 24.2 Å². The predicted octanol–water partition coefficient (Wildman–Crippen LogP) is 1.09. The van der Waals surface area contributed by atoms with Crippen molar-refractivity contribution >= 4 is 11.6 Å². The van der Waals surface area contributed by atoms with E-state index in [-0.39, 0.29) is 17.7 Å². The second kappa shape index (κ2) is 7.70. The molecular formula is C14H19N3O4. The number of nitrogens with one attached hydrogen (secondary N) is 2. The van der Waals surface area contributed by atoms with Crippen molar-refractivity contribution in [2.24, 2.45) is 0 Å². The molecule has 0 aliphatic carbocycles. The van der Waals surface area contributed by atoms with Crippen molar-refractivity contribution in [3.8, 4) is 0 Å². The Morgan fingerprint density at radius 3 is 2.62 bits per heavy atom. The van der Waals surface area contributed by atoms with Gasteiger partial charge in [0.1, 0.15) is 0 Å². The number of nitrogens with zero attached hydrogens (tertiary/aromatic N) is 1. The molecular weight excluding hydrogens is 274 g/mol. The van der Waals surface area contributed by atoms with Crippen molar-refractivity contribution in [3.05, 3.63) is 39.9 Å². The number of non-ortho nitro benzene ring substituents is 1. The molecule has 1 saturated heterocycles. The van der Waals surface area contributed by atoms with Gasteiger partial charge in [-0.2, -0.15) is 0 Å². The largest absolute Gasteiger partial charge is 0.376 e. The number of amides is 1. The van der Waals surface area contributed by atoms with Gasteiger partial charge in [0.2, 0.25) is 0 Å². The van der Waals surface area contributed by atoms with Gasteiger partial charge >= 0.3 is 0 Å². The number of nitro groups is 1. The fraction of sp³-hybridized carbons (Fsp3) is 0.500. The van der Waals surface area contributed by atoms with Gasteiger partial charge in [-0.15, -0.1) is 0 Å². The SMILES string of the molecule is O=C(NCCOC1CCNCC1)c1ccc([N+](=O)[O-])cc1. The zero-order chi connectivity index (χ0) is 15.1. The van der Waals surface area contributed by atoms with Gasteiger partial charge in [0.25, 0.3) is 11.6 Å². The summed E-state index contributed by atoms with van der Waals surface area (Å²) in [5, 5.41) is 16.5. The molecule has 21 heavy (non-hydrogen) atoms. The number of carbonyl (C=O) groups excluding carboxylic acids is 1. The van der Waals surface area contributed by atoms with Gasteiger partial charge in [-0.05, 0) is 38.1 Å². The average Bonchev–Trinajstić information content (AvgIpc) is 2.52. The van der Waals surface area contributed by atoms with E-state index in [0.717, 1.165) is 25.9 Å². The molecule has 1 aromatic rings. The van der Waals surface area contributed by atoms with Crippen LogP contribution in [0.15, 0.2) is 24.3 Å². The van der Waals surface area contributed by atoms with Gasteiger partial charge in [-0.25, -0.2) is 0 Å². The second-order valence-electron chi connectivity index (χ2n) is 4.88. The van der Waals surface area contributed by atoms with Crippen molar-refractivity contribution < 1.29 is 14.5 Å². The molecule has 1 fully saturated rings. The Hall–Kier alpha value is -1.99. The van der Waals surface area contributed by atoms with Crippen molar-refractivity contribution in [2.75, 3.05) is 26.2 Å². The van der Waals surface area contributed by atoms with Crippen LogP contribution < -0.4 is 10.6 Å². The summed E-state index contributed by atoms with van der Waals surface area (Å²) in [5.74, 6) is -0.251. The molecule has 7 nitrogen and oxygen atoms in total. The molecule has 1 aliphatic heterocycles. The minimum atomic E-state index is -0.492. The first-order valence-corrected chi connectivity index (χ1v) is 7.02. The second-order valence-corrected chi connectivity index (χ2v) is 4.88. The van der Waals surface area contributed by atoms with Crippen LogP contribution in [0, 0.1) is 10.1 Å². The molecule has 0 aromatic heterocycles. The summed E-state index contributed by atoms with van der Waals surface area (Å²) in [6.45, 7) is 2.85. The highest BCUT2D eigenvalue weighted by Gasteiger charge is 2.13. The molecule has 0 bridgehead atoms. The van der Waals surface area contributed by atoms with Crippen LogP contribution in [0.2, 0.25) is 0 Å². The molecule has 0 unspecified atom stereocenters. The predicted molar refractivity (Wildman–Crippen MR) is 77.3 cm³/mol. The summed E-state index contributed by atoms with van der Waals surface area (Å²) in [6, 6.07) is 5.53. The molecule has 2 rings (SSSR count). The summed E-state index contributed by atoms with van der Waals surface area (Å²) < 4.78 is 5.68. The molecule has 2 N–H and O–H groups in total. The number of benzene rings is 1. The topological polar surface area (TPSA) is 93.5 Å². The van der Waals surface area contributed by atoms with Crippen LogP contribution in [-0.4, -0.2) is 43.2 Å². The fourth-order valence-electron chi connectivity index (χ4n) is 2.19. The van der Waals surface area contributed by atoms with E-state index >= 15 is 0 Å². The zero-order valence-corrected chi connectivity index (χ0v) is 11.7. The Balaban J connectivity index is 1.70. The maximum absolute atomic E-state index is 11.8. The first-order chi connectivity index (χ1) is 10.2. The van der Waals surface area contributed by atoms with Gasteiger partial charge in [0.15, 0.2) is 0 Å². The fourth-order valence-corrected chi connectivity index (χ4v) is 2.19. The van der Waals surface area contributed by atoms with Gasteiger partial charge in [-0.3, -0.25) is 14.9 Å². The lowest BCUT2D eigenvalue weighted by atomic mass is 10.1. The summed E-state index contributed by atoms with van der Waals surface area (Å²) >= 11 is 0. The van der Waals surface area contributed by atoms with E-state index < -0.39 is 4.92 Å². The van der Waals surface area contributed by atoms with Crippen LogP contribution in [0.1, 0.15) is 23.2 Å². The van der Waals surface area contributed by atoms with Crippen LogP contribution in [0.3, 0.4) is 0 Å². The van der Waals surface area contributed by atoms with Gasteiger partial charge < -0.3 is 15.4 Å². The lowest BCUT2D eigenvalue weighted by Gasteiger charge is -2.22. The van der Waals surface area contributed by atoms with Crippen LogP contribution in [-0.2, 0) is 4.74 Å². The van der Waals surface area contributed by atoms with E-state index in [1.54, 1.807) is 0 Å². The standard InChI is InChI=1S/C14H19N3O4/c18-14(11-1-3-12(4-2-11)17(19)20)16-9-10-21-13-5-7-15-8-6-13/h1-4,13,15H,5-10H2,(H,16,18). The van der Waals surface area contributed by atoms with Gasteiger partial charge in [0.05, 0.1) is 17.6 Å². The van der Waals surface area contributed by atoms with Crippen LogP contribution >= 0.6 is 0 Å². The number of piperidine rings is 1. The Bertz CT molecular complexity index is 483. The first-order valence-electron chi connectivity index (χ1n) is 7.02. The van der Waals surface area contributed by atoms with Crippen LogP contribution in [0.5, 0.6) is 0 Å². The molecule has 7 heteroatoms. The van der Waals surface area contributed by atoms with Gasteiger partial charge in [-0.1, -0.05) is 0 Å². The van der Waals surface area contributed by atoms with E-state index in [0.29, 0.717) is 18.7 Å². The van der Waals surface area contributed by atoms with Crippen molar-refractivity contribution in [2.45, 2.75) is 18.9 Å². The van der Waals surface area contributed by atoms with Crippen molar-refractivity contribution in [1.29, 1.82) is 0 Å². The highest BCUT2D eigenvalue weighted by molar-refractivity contribution is 5.94. The third-order valence-electron chi connectivity index (χ3n) is 3.37. The Labute approximate surface area is 122 Å². The lowest BCUT2D eigenvalue weighted by Crippen LogP contribution is -2.34. The summed E-state index contributed by atoms with van der Waals surface area (Å²) in [4.78, 5) is 21.9. The quantitative estimate of drug-likeness (QED) is 0.465. The maximum Gasteiger partial charge on any atom is 0.269 e. The molecule has 1 aromatic carbocycles. The van der Waals surface area contributed by atoms with E-state index in [2.05, 4.69) is 10.6 Å². The molecule has 0 radical (unpaired) electrons. The molecule has 0 atom stereocenters. The monoisotopic (exact) mass is 293 g/mol. The molecule has 114 valence electrons. The minimum absolute atomic E-state index is 0.0270. The van der Waals surface area contributed by atoms with Crippen LogP contribution in [0.4, 0.5) is 5.69 Å². The molecule has 0 spiro atoms. The van der Waals surface area contributed by atoms with Crippen LogP contribution in [0.25, 0.3) is 0 Å². The highest BCUT2D eigenvalue weighted by atomic mass is 16.6. The smallest absolute Gasteiger partial charge is 0.269 e. The van der Waals surface area contributed by atoms with Crippen molar-refractivity contribution in [3.63, 3.8) is 0 Å². The summed E-state index contributed by atoms with van der Waals surface area (Å²) in [7, 11) is 0. The number of rotatable bonds is 6. The maximum atomic E-state index is 11.8. The average molecular weight is 293 g/mol. The summed E-state index contributed by atoms with van der Waals surface area (Å²) in [5.41, 5.74) is 0.378. The van der Waals surface area contributed by atoms with E-state index in [4.69, 9.17) is 4.74 Å². The minimum Gasteiger partial charge on any atom is -0.376 e. The highest BCUT2D eigenvalue weighted by Crippen LogP contribution is 2.11. The number of carbonyl (C=O) groups is 1. The summed E-state index contributed by atoms with van der Waals surface area (Å²) in [6.07, 6.45) is 2.26. The Morgan fingerprint density at radius 2 is 2.00 bits per heavy atom. The first kappa shape index (κ1) is 15.4. The number of hydrogen-bond donors (Lipinski definition) is 2. The van der Waals surface area contributed by atoms with E-state index in [1.807, 2.05) is 0 Å². The lowest BCUT2D eigenvalue weighted by molar-refractivity contribution is -0.384. The Kier molecular flexibility index (Phi) is 5.65. The zero-order valence-electron chi connectivity index (χ0n) is 11.7. The molecule has 0 saturated carbocycles. The third-order valence-corrected chi connectivity index (χ3v) is 3.37. The van der Waals surface area contributed by atoms with E-state index in [9.17, 15) is 14.9 Å². The number of nitro benzene ring substituents is 1.